The molecule has 128 valence electrons. The molecule has 0 bridgehead atoms. The molecule has 6 nitrogen and oxygen atoms in total. The van der Waals surface area contributed by atoms with Crippen molar-refractivity contribution in [1.82, 2.24) is 0 Å². The highest BCUT2D eigenvalue weighted by atomic mass is 16.6. The SMILES string of the molecule is C=C(C)C(=O)OCc1ccc(OC(=O)C2(C(=O)OC)CC2C)cc1. The van der Waals surface area contributed by atoms with E-state index in [0.717, 1.165) is 5.56 Å². The van der Waals surface area contributed by atoms with Gasteiger partial charge in [0.15, 0.2) is 5.41 Å². The van der Waals surface area contributed by atoms with Crippen LogP contribution in [0.15, 0.2) is 36.4 Å². The minimum absolute atomic E-state index is 0.0988. The maximum Gasteiger partial charge on any atom is 0.333 e. The number of esters is 3. The van der Waals surface area contributed by atoms with Gasteiger partial charge in [0, 0.05) is 5.57 Å². The van der Waals surface area contributed by atoms with Crippen molar-refractivity contribution in [2.75, 3.05) is 7.11 Å². The zero-order valence-corrected chi connectivity index (χ0v) is 14.0. The summed E-state index contributed by atoms with van der Waals surface area (Å²) >= 11 is 0. The van der Waals surface area contributed by atoms with Gasteiger partial charge in [0.2, 0.25) is 0 Å². The molecular weight excluding hydrogens is 312 g/mol. The van der Waals surface area contributed by atoms with Gasteiger partial charge in [-0.3, -0.25) is 9.59 Å². The van der Waals surface area contributed by atoms with E-state index >= 15 is 0 Å². The first-order chi connectivity index (χ1) is 11.3. The van der Waals surface area contributed by atoms with E-state index in [1.165, 1.54) is 7.11 Å². The predicted molar refractivity (Wildman–Crippen MR) is 84.9 cm³/mol. The molecule has 1 aromatic rings. The van der Waals surface area contributed by atoms with Gasteiger partial charge < -0.3 is 14.2 Å². The third-order valence-corrected chi connectivity index (χ3v) is 4.08. The average Bonchev–Trinajstić information content (AvgIpc) is 3.25. The normalized spacial score (nSPS) is 21.5. The Labute approximate surface area is 140 Å². The number of rotatable bonds is 6. The van der Waals surface area contributed by atoms with E-state index in [1.807, 2.05) is 0 Å². The Morgan fingerprint density at radius 2 is 1.79 bits per heavy atom. The molecule has 6 heteroatoms. The molecule has 1 aliphatic rings. The highest BCUT2D eigenvalue weighted by Gasteiger charge is 2.66. The third-order valence-electron chi connectivity index (χ3n) is 4.08. The van der Waals surface area contributed by atoms with Gasteiger partial charge in [-0.2, -0.15) is 0 Å². The second-order valence-corrected chi connectivity index (χ2v) is 5.96. The molecule has 0 N–H and O–H groups in total. The summed E-state index contributed by atoms with van der Waals surface area (Å²) in [5, 5.41) is 0. The summed E-state index contributed by atoms with van der Waals surface area (Å²) in [5.74, 6) is -1.42. The van der Waals surface area contributed by atoms with Crippen LogP contribution in [0, 0.1) is 11.3 Å². The highest BCUT2D eigenvalue weighted by molar-refractivity contribution is 6.04. The molecule has 0 radical (unpaired) electrons. The quantitative estimate of drug-likeness (QED) is 0.344. The van der Waals surface area contributed by atoms with Crippen LogP contribution >= 0.6 is 0 Å². The molecule has 0 saturated heterocycles. The zero-order chi connectivity index (χ0) is 17.9. The number of methoxy groups -OCH3 is 1. The molecule has 2 unspecified atom stereocenters. The second kappa shape index (κ2) is 6.86. The molecule has 1 aliphatic carbocycles. The molecule has 0 heterocycles. The standard InChI is InChI=1S/C18H20O6/c1-11(2)15(19)23-10-13-5-7-14(8-6-13)24-17(21)18(9-12(18)3)16(20)22-4/h5-8,12H,1,9-10H2,2-4H3. The summed E-state index contributed by atoms with van der Waals surface area (Å²) in [7, 11) is 1.25. The van der Waals surface area contributed by atoms with Crippen molar-refractivity contribution in [2.45, 2.75) is 26.9 Å². The van der Waals surface area contributed by atoms with Crippen LogP contribution in [-0.4, -0.2) is 25.0 Å². The van der Waals surface area contributed by atoms with Crippen LogP contribution in [0.1, 0.15) is 25.8 Å². The van der Waals surface area contributed by atoms with Crippen molar-refractivity contribution < 1.29 is 28.6 Å². The fourth-order valence-corrected chi connectivity index (χ4v) is 2.38. The van der Waals surface area contributed by atoms with Gasteiger partial charge in [-0.25, -0.2) is 4.79 Å². The summed E-state index contributed by atoms with van der Waals surface area (Å²) in [6, 6.07) is 6.52. The van der Waals surface area contributed by atoms with Crippen LogP contribution < -0.4 is 4.74 Å². The third kappa shape index (κ3) is 3.48. The molecule has 1 aromatic carbocycles. The van der Waals surface area contributed by atoms with Gasteiger partial charge in [0.25, 0.3) is 0 Å². The number of benzene rings is 1. The monoisotopic (exact) mass is 332 g/mol. The maximum atomic E-state index is 12.3. The number of ether oxygens (including phenoxy) is 3. The fourth-order valence-electron chi connectivity index (χ4n) is 2.38. The molecule has 0 aliphatic heterocycles. The van der Waals surface area contributed by atoms with Gasteiger partial charge in [-0.1, -0.05) is 25.6 Å². The molecule has 0 spiro atoms. The Balaban J connectivity index is 1.97. The molecular formula is C18H20O6. The van der Waals surface area contributed by atoms with Crippen molar-refractivity contribution in [2.24, 2.45) is 11.3 Å². The van der Waals surface area contributed by atoms with Crippen LogP contribution in [0.4, 0.5) is 0 Å². The van der Waals surface area contributed by atoms with E-state index in [4.69, 9.17) is 14.2 Å². The lowest BCUT2D eigenvalue weighted by atomic mass is 10.1. The Morgan fingerprint density at radius 3 is 2.25 bits per heavy atom. The maximum absolute atomic E-state index is 12.3. The van der Waals surface area contributed by atoms with Crippen molar-refractivity contribution in [3.8, 4) is 5.75 Å². The Kier molecular flexibility index (Phi) is 5.07. The average molecular weight is 332 g/mol. The first-order valence-electron chi connectivity index (χ1n) is 7.53. The van der Waals surface area contributed by atoms with Crippen LogP contribution in [-0.2, 0) is 30.5 Å². The largest absolute Gasteiger partial charge is 0.468 e. The fraction of sp³-hybridized carbons (Fsp3) is 0.389. The number of carbonyl (C=O) groups excluding carboxylic acids is 3. The lowest BCUT2D eigenvalue weighted by Crippen LogP contribution is -2.32. The Bertz CT molecular complexity index is 675. The van der Waals surface area contributed by atoms with Crippen molar-refractivity contribution in [3.05, 3.63) is 42.0 Å². The van der Waals surface area contributed by atoms with Gasteiger partial charge in [-0.05, 0) is 37.0 Å². The smallest absolute Gasteiger partial charge is 0.333 e. The lowest BCUT2D eigenvalue weighted by Gasteiger charge is -2.13. The van der Waals surface area contributed by atoms with Crippen molar-refractivity contribution >= 4 is 17.9 Å². The van der Waals surface area contributed by atoms with Crippen LogP contribution in [0.2, 0.25) is 0 Å². The lowest BCUT2D eigenvalue weighted by molar-refractivity contribution is -0.158. The molecule has 24 heavy (non-hydrogen) atoms. The summed E-state index contributed by atoms with van der Waals surface area (Å²) in [4.78, 5) is 35.4. The molecule has 2 rings (SSSR count). The van der Waals surface area contributed by atoms with Crippen LogP contribution in [0.5, 0.6) is 5.75 Å². The van der Waals surface area contributed by atoms with E-state index in [9.17, 15) is 14.4 Å². The van der Waals surface area contributed by atoms with E-state index in [-0.39, 0.29) is 12.5 Å². The summed E-state index contributed by atoms with van der Waals surface area (Å²) in [6.07, 6.45) is 0.424. The van der Waals surface area contributed by atoms with Gasteiger partial charge in [0.05, 0.1) is 7.11 Å². The Hall–Kier alpha value is -2.63. The summed E-state index contributed by atoms with van der Waals surface area (Å²) in [6.45, 7) is 6.97. The van der Waals surface area contributed by atoms with Gasteiger partial charge in [0.1, 0.15) is 12.4 Å². The molecule has 2 atom stereocenters. The van der Waals surface area contributed by atoms with Gasteiger partial charge >= 0.3 is 17.9 Å². The summed E-state index contributed by atoms with van der Waals surface area (Å²) in [5.41, 5.74) is -0.121. The van der Waals surface area contributed by atoms with E-state index in [1.54, 1.807) is 38.1 Å². The predicted octanol–water partition coefficient (Wildman–Crippen LogP) is 2.41. The first-order valence-corrected chi connectivity index (χ1v) is 7.53. The van der Waals surface area contributed by atoms with Gasteiger partial charge in [-0.15, -0.1) is 0 Å². The zero-order valence-electron chi connectivity index (χ0n) is 14.0. The molecule has 0 aromatic heterocycles. The number of hydrogen-bond acceptors (Lipinski definition) is 6. The molecule has 0 amide bonds. The minimum atomic E-state index is -1.19. The molecule has 1 fully saturated rings. The van der Waals surface area contributed by atoms with Crippen LogP contribution in [0.25, 0.3) is 0 Å². The summed E-state index contributed by atoms with van der Waals surface area (Å²) < 4.78 is 15.0. The number of hydrogen-bond donors (Lipinski definition) is 0. The highest BCUT2D eigenvalue weighted by Crippen LogP contribution is 2.54. The van der Waals surface area contributed by atoms with E-state index < -0.39 is 23.3 Å². The minimum Gasteiger partial charge on any atom is -0.468 e. The Morgan fingerprint density at radius 1 is 1.21 bits per heavy atom. The molecule has 1 saturated carbocycles. The topological polar surface area (TPSA) is 78.9 Å². The van der Waals surface area contributed by atoms with Crippen molar-refractivity contribution in [1.29, 1.82) is 0 Å². The van der Waals surface area contributed by atoms with Crippen LogP contribution in [0.3, 0.4) is 0 Å². The second-order valence-electron chi connectivity index (χ2n) is 5.96. The van der Waals surface area contributed by atoms with E-state index in [0.29, 0.717) is 17.7 Å². The van der Waals surface area contributed by atoms with Crippen molar-refractivity contribution in [3.63, 3.8) is 0 Å². The first kappa shape index (κ1) is 17.7. The number of carbonyl (C=O) groups is 3. The van der Waals surface area contributed by atoms with E-state index in [2.05, 4.69) is 6.58 Å².